The Morgan fingerprint density at radius 2 is 1.04 bits per heavy atom. The van der Waals surface area contributed by atoms with Crippen molar-refractivity contribution < 1.29 is 14.7 Å². The molecule has 3 aromatic rings. The van der Waals surface area contributed by atoms with Gasteiger partial charge in [-0.15, -0.1) is 0 Å². The summed E-state index contributed by atoms with van der Waals surface area (Å²) in [7, 11) is 0. The van der Waals surface area contributed by atoms with Gasteiger partial charge in [0.2, 0.25) is 0 Å². The maximum Gasteiger partial charge on any atom is 0.335 e. The molecule has 25 heavy (non-hydrogen) atoms. The van der Waals surface area contributed by atoms with E-state index >= 15 is 0 Å². The fourth-order valence-corrected chi connectivity index (χ4v) is 2.43. The topological polar surface area (TPSA) is 54.4 Å². The fraction of sp³-hybridized carbons (Fsp3) is 0. The number of carbonyl (C=O) groups excluding carboxylic acids is 1. The molecule has 1 N–H and O–H groups in total. The highest BCUT2D eigenvalue weighted by atomic mass is 16.4. The van der Waals surface area contributed by atoms with E-state index in [1.54, 1.807) is 36.4 Å². The van der Waals surface area contributed by atoms with E-state index < -0.39 is 5.97 Å². The smallest absolute Gasteiger partial charge is 0.335 e. The molecule has 0 fully saturated rings. The minimum atomic E-state index is -0.936. The third-order valence-electron chi connectivity index (χ3n) is 3.83. The van der Waals surface area contributed by atoms with Crippen LogP contribution < -0.4 is 0 Å². The second kappa shape index (κ2) is 7.41. The van der Waals surface area contributed by atoms with Crippen molar-refractivity contribution in [3.8, 4) is 0 Å². The molecule has 0 unspecified atom stereocenters. The van der Waals surface area contributed by atoms with Crippen LogP contribution in [0.2, 0.25) is 0 Å². The maximum absolute atomic E-state index is 12.4. The third-order valence-corrected chi connectivity index (χ3v) is 3.83. The molecule has 0 atom stereocenters. The molecule has 0 saturated heterocycles. The predicted octanol–water partition coefficient (Wildman–Crippen LogP) is 4.79. The van der Waals surface area contributed by atoms with E-state index in [9.17, 15) is 9.59 Å². The van der Waals surface area contributed by atoms with Crippen LogP contribution in [0.15, 0.2) is 78.9 Å². The molecule has 0 saturated carbocycles. The molecule has 3 nitrogen and oxygen atoms in total. The summed E-state index contributed by atoms with van der Waals surface area (Å²) in [6.07, 6.45) is 3.83. The van der Waals surface area contributed by atoms with Gasteiger partial charge in [-0.2, -0.15) is 0 Å². The molecule has 0 aliphatic heterocycles. The molecule has 0 radical (unpaired) electrons. The Hall–Kier alpha value is -3.46. The Kier molecular flexibility index (Phi) is 4.86. The largest absolute Gasteiger partial charge is 0.478 e. The van der Waals surface area contributed by atoms with Crippen LogP contribution in [0.25, 0.3) is 12.2 Å². The average molecular weight is 328 g/mol. The standard InChI is InChI=1S/C22H16O3/c23-21(18-4-2-1-3-5-18)19-12-8-16(9-13-19)6-7-17-10-14-20(15-11-17)22(24)25/h1-15H,(H,24,25)/b7-6+. The highest BCUT2D eigenvalue weighted by Crippen LogP contribution is 2.14. The summed E-state index contributed by atoms with van der Waals surface area (Å²) in [5.41, 5.74) is 3.46. The summed E-state index contributed by atoms with van der Waals surface area (Å²) in [5, 5.41) is 8.89. The van der Waals surface area contributed by atoms with Gasteiger partial charge in [-0.05, 0) is 23.3 Å². The number of carboxylic acids is 1. The number of carboxylic acid groups (broad SMARTS) is 1. The van der Waals surface area contributed by atoms with Crippen molar-refractivity contribution in [2.45, 2.75) is 0 Å². The number of benzene rings is 3. The van der Waals surface area contributed by atoms with Gasteiger partial charge in [-0.1, -0.05) is 78.9 Å². The van der Waals surface area contributed by atoms with Gasteiger partial charge in [-0.25, -0.2) is 4.79 Å². The lowest BCUT2D eigenvalue weighted by Crippen LogP contribution is -2.00. The van der Waals surface area contributed by atoms with Gasteiger partial charge in [0.1, 0.15) is 0 Å². The van der Waals surface area contributed by atoms with Crippen molar-refractivity contribution in [1.29, 1.82) is 0 Å². The van der Waals surface area contributed by atoms with E-state index in [1.807, 2.05) is 54.6 Å². The number of hydrogen-bond acceptors (Lipinski definition) is 2. The summed E-state index contributed by atoms with van der Waals surface area (Å²) < 4.78 is 0. The minimum absolute atomic E-state index is 0.000360. The molecular formula is C22H16O3. The lowest BCUT2D eigenvalue weighted by atomic mass is 10.0. The van der Waals surface area contributed by atoms with E-state index in [0.29, 0.717) is 11.1 Å². The molecule has 122 valence electrons. The van der Waals surface area contributed by atoms with Crippen molar-refractivity contribution in [3.63, 3.8) is 0 Å². The lowest BCUT2D eigenvalue weighted by Gasteiger charge is -2.02. The molecule has 0 aliphatic carbocycles. The van der Waals surface area contributed by atoms with E-state index in [1.165, 1.54) is 0 Å². The van der Waals surface area contributed by atoms with Crippen molar-refractivity contribution in [2.75, 3.05) is 0 Å². The normalized spacial score (nSPS) is 10.7. The van der Waals surface area contributed by atoms with Crippen LogP contribution in [0.4, 0.5) is 0 Å². The maximum atomic E-state index is 12.4. The first-order valence-corrected chi connectivity index (χ1v) is 7.85. The molecule has 3 aromatic carbocycles. The summed E-state index contributed by atoms with van der Waals surface area (Å²) in [6.45, 7) is 0. The van der Waals surface area contributed by atoms with Crippen molar-refractivity contribution in [2.24, 2.45) is 0 Å². The summed E-state index contributed by atoms with van der Waals surface area (Å²) in [5.74, 6) is -0.936. The molecule has 3 heteroatoms. The number of ketones is 1. The molecule has 3 rings (SSSR count). The Morgan fingerprint density at radius 3 is 1.52 bits per heavy atom. The van der Waals surface area contributed by atoms with Gasteiger partial charge < -0.3 is 5.11 Å². The lowest BCUT2D eigenvalue weighted by molar-refractivity contribution is 0.0696. The highest BCUT2D eigenvalue weighted by molar-refractivity contribution is 6.09. The van der Waals surface area contributed by atoms with Crippen molar-refractivity contribution >= 4 is 23.9 Å². The second-order valence-corrected chi connectivity index (χ2v) is 5.58. The molecular weight excluding hydrogens is 312 g/mol. The van der Waals surface area contributed by atoms with Gasteiger partial charge in [0.05, 0.1) is 5.56 Å². The van der Waals surface area contributed by atoms with E-state index in [-0.39, 0.29) is 11.3 Å². The molecule has 0 aliphatic rings. The summed E-state index contributed by atoms with van der Waals surface area (Å²) in [4.78, 5) is 23.2. The Morgan fingerprint density at radius 1 is 0.600 bits per heavy atom. The quantitative estimate of drug-likeness (QED) is 0.541. The van der Waals surface area contributed by atoms with Gasteiger partial charge in [0.25, 0.3) is 0 Å². The Bertz CT molecular complexity index is 906. The van der Waals surface area contributed by atoms with Crippen LogP contribution >= 0.6 is 0 Å². The first kappa shape index (κ1) is 16.4. The fourth-order valence-electron chi connectivity index (χ4n) is 2.43. The molecule has 0 heterocycles. The van der Waals surface area contributed by atoms with Crippen LogP contribution in [-0.4, -0.2) is 16.9 Å². The zero-order valence-electron chi connectivity index (χ0n) is 13.4. The average Bonchev–Trinajstić information content (AvgIpc) is 2.67. The first-order chi connectivity index (χ1) is 12.1. The zero-order valence-corrected chi connectivity index (χ0v) is 13.4. The Labute approximate surface area is 145 Å². The van der Waals surface area contributed by atoms with Crippen molar-refractivity contribution in [3.05, 3.63) is 107 Å². The number of hydrogen-bond donors (Lipinski definition) is 1. The third kappa shape index (κ3) is 4.09. The van der Waals surface area contributed by atoms with Gasteiger partial charge in [0, 0.05) is 11.1 Å². The minimum Gasteiger partial charge on any atom is -0.478 e. The molecule has 0 bridgehead atoms. The van der Waals surface area contributed by atoms with Crippen LogP contribution in [0, 0.1) is 0 Å². The van der Waals surface area contributed by atoms with E-state index in [0.717, 1.165) is 11.1 Å². The monoisotopic (exact) mass is 328 g/mol. The number of rotatable bonds is 5. The number of aromatic carboxylic acids is 1. The zero-order chi connectivity index (χ0) is 17.6. The second-order valence-electron chi connectivity index (χ2n) is 5.58. The van der Waals surface area contributed by atoms with E-state index in [4.69, 9.17) is 5.11 Å². The van der Waals surface area contributed by atoms with Crippen LogP contribution in [0.1, 0.15) is 37.4 Å². The van der Waals surface area contributed by atoms with Gasteiger partial charge in [0.15, 0.2) is 5.78 Å². The van der Waals surface area contributed by atoms with Crippen LogP contribution in [0.3, 0.4) is 0 Å². The molecule has 0 aromatic heterocycles. The Balaban J connectivity index is 1.72. The number of carbonyl (C=O) groups is 2. The molecule has 0 amide bonds. The highest BCUT2D eigenvalue weighted by Gasteiger charge is 2.07. The van der Waals surface area contributed by atoms with Gasteiger partial charge in [-0.3, -0.25) is 4.79 Å². The van der Waals surface area contributed by atoms with Crippen LogP contribution in [0.5, 0.6) is 0 Å². The van der Waals surface area contributed by atoms with Gasteiger partial charge >= 0.3 is 5.97 Å². The van der Waals surface area contributed by atoms with E-state index in [2.05, 4.69) is 0 Å². The van der Waals surface area contributed by atoms with Crippen LogP contribution in [-0.2, 0) is 0 Å². The first-order valence-electron chi connectivity index (χ1n) is 7.85. The summed E-state index contributed by atoms with van der Waals surface area (Å²) >= 11 is 0. The SMILES string of the molecule is O=C(O)c1ccc(/C=C/c2ccc(C(=O)c3ccccc3)cc2)cc1. The van der Waals surface area contributed by atoms with Crippen molar-refractivity contribution in [1.82, 2.24) is 0 Å². The predicted molar refractivity (Wildman–Crippen MR) is 98.6 cm³/mol. The molecule has 0 spiro atoms. The summed E-state index contributed by atoms with van der Waals surface area (Å²) in [6, 6.07) is 23.2.